The van der Waals surface area contributed by atoms with Crippen molar-refractivity contribution >= 4 is 5.97 Å². The number of nitrogens with zero attached hydrogens (tertiary/aromatic N) is 2. The fraction of sp³-hybridized carbons (Fsp3) is 0.154. The van der Waals surface area contributed by atoms with Crippen LogP contribution in [0.5, 0.6) is 0 Å². The minimum Gasteiger partial charge on any atom is -0.462 e. The smallest absolute Gasteiger partial charge is 0.338 e. The van der Waals surface area contributed by atoms with Crippen LogP contribution in [0.2, 0.25) is 0 Å². The average molecular weight is 228 g/mol. The molecule has 2 aromatic rings. The molecular formula is C13H12N2O2. The number of hydrogen-bond acceptors (Lipinski definition) is 4. The van der Waals surface area contributed by atoms with Crippen molar-refractivity contribution in [3.8, 4) is 11.1 Å². The van der Waals surface area contributed by atoms with E-state index in [2.05, 4.69) is 9.97 Å². The van der Waals surface area contributed by atoms with Crippen LogP contribution in [0.25, 0.3) is 11.1 Å². The Morgan fingerprint density at radius 1 is 1.12 bits per heavy atom. The average Bonchev–Trinajstić information content (AvgIpc) is 2.40. The van der Waals surface area contributed by atoms with E-state index < -0.39 is 0 Å². The van der Waals surface area contributed by atoms with Crippen LogP contribution in [-0.2, 0) is 4.74 Å². The molecule has 1 aromatic heterocycles. The third kappa shape index (κ3) is 2.66. The lowest BCUT2D eigenvalue weighted by molar-refractivity contribution is 0.0526. The number of aromatic nitrogens is 2. The SMILES string of the molecule is CCOC(=O)c1ccc(-c2cncnc2)cc1. The molecule has 1 aromatic carbocycles. The highest BCUT2D eigenvalue weighted by Gasteiger charge is 2.06. The van der Waals surface area contributed by atoms with Gasteiger partial charge in [-0.1, -0.05) is 12.1 Å². The fourth-order valence-corrected chi connectivity index (χ4v) is 1.46. The van der Waals surface area contributed by atoms with Gasteiger partial charge in [0.05, 0.1) is 12.2 Å². The molecule has 4 nitrogen and oxygen atoms in total. The molecule has 17 heavy (non-hydrogen) atoms. The van der Waals surface area contributed by atoms with Crippen LogP contribution < -0.4 is 0 Å². The molecule has 0 atom stereocenters. The molecule has 0 amide bonds. The summed E-state index contributed by atoms with van der Waals surface area (Å²) in [5.74, 6) is -0.302. The van der Waals surface area contributed by atoms with Gasteiger partial charge in [-0.25, -0.2) is 14.8 Å². The van der Waals surface area contributed by atoms with Crippen LogP contribution in [0, 0.1) is 0 Å². The number of rotatable bonds is 3. The molecule has 0 saturated heterocycles. The number of carbonyl (C=O) groups is 1. The van der Waals surface area contributed by atoms with Gasteiger partial charge < -0.3 is 4.74 Å². The van der Waals surface area contributed by atoms with Gasteiger partial charge in [0.2, 0.25) is 0 Å². The van der Waals surface area contributed by atoms with Gasteiger partial charge in [0.1, 0.15) is 6.33 Å². The molecule has 0 aliphatic carbocycles. The number of esters is 1. The van der Waals surface area contributed by atoms with E-state index in [1.807, 2.05) is 12.1 Å². The van der Waals surface area contributed by atoms with Gasteiger partial charge in [-0.05, 0) is 24.6 Å². The van der Waals surface area contributed by atoms with E-state index in [-0.39, 0.29) is 5.97 Å². The molecular weight excluding hydrogens is 216 g/mol. The number of carbonyl (C=O) groups excluding carboxylic acids is 1. The quantitative estimate of drug-likeness (QED) is 0.756. The van der Waals surface area contributed by atoms with Crippen molar-refractivity contribution < 1.29 is 9.53 Å². The maximum absolute atomic E-state index is 11.4. The molecule has 0 saturated carbocycles. The van der Waals surface area contributed by atoms with Crippen molar-refractivity contribution in [2.45, 2.75) is 6.92 Å². The molecule has 4 heteroatoms. The Morgan fingerprint density at radius 3 is 2.35 bits per heavy atom. The van der Waals surface area contributed by atoms with Gasteiger partial charge >= 0.3 is 5.97 Å². The summed E-state index contributed by atoms with van der Waals surface area (Å²) in [6.07, 6.45) is 4.94. The number of ether oxygens (including phenoxy) is 1. The zero-order valence-corrected chi connectivity index (χ0v) is 9.46. The Bertz CT molecular complexity index is 495. The van der Waals surface area contributed by atoms with E-state index in [0.717, 1.165) is 11.1 Å². The lowest BCUT2D eigenvalue weighted by Gasteiger charge is -2.03. The second-order valence-electron chi connectivity index (χ2n) is 3.42. The summed E-state index contributed by atoms with van der Waals surface area (Å²) >= 11 is 0. The first-order chi connectivity index (χ1) is 8.31. The van der Waals surface area contributed by atoms with E-state index in [9.17, 15) is 4.79 Å². The van der Waals surface area contributed by atoms with Crippen LogP contribution in [0.1, 0.15) is 17.3 Å². The first-order valence-corrected chi connectivity index (χ1v) is 5.34. The van der Waals surface area contributed by atoms with Gasteiger partial charge in [-0.3, -0.25) is 0 Å². The molecule has 0 aliphatic rings. The molecule has 86 valence electrons. The molecule has 0 spiro atoms. The first kappa shape index (κ1) is 11.3. The zero-order valence-electron chi connectivity index (χ0n) is 9.46. The van der Waals surface area contributed by atoms with Crippen LogP contribution >= 0.6 is 0 Å². The number of hydrogen-bond donors (Lipinski definition) is 0. The normalized spacial score (nSPS) is 9.94. The summed E-state index contributed by atoms with van der Waals surface area (Å²) in [6, 6.07) is 7.18. The van der Waals surface area contributed by atoms with Crippen molar-refractivity contribution in [1.29, 1.82) is 0 Å². The highest BCUT2D eigenvalue weighted by atomic mass is 16.5. The summed E-state index contributed by atoms with van der Waals surface area (Å²) in [4.78, 5) is 19.3. The van der Waals surface area contributed by atoms with E-state index in [1.165, 1.54) is 6.33 Å². The number of benzene rings is 1. The maximum atomic E-state index is 11.4. The Morgan fingerprint density at radius 2 is 1.76 bits per heavy atom. The van der Waals surface area contributed by atoms with Gasteiger partial charge in [0, 0.05) is 18.0 Å². The second-order valence-corrected chi connectivity index (χ2v) is 3.42. The molecule has 0 bridgehead atoms. The van der Waals surface area contributed by atoms with Gasteiger partial charge in [0.15, 0.2) is 0 Å². The summed E-state index contributed by atoms with van der Waals surface area (Å²) in [5, 5.41) is 0. The highest BCUT2D eigenvalue weighted by molar-refractivity contribution is 5.90. The largest absolute Gasteiger partial charge is 0.462 e. The van der Waals surface area contributed by atoms with Gasteiger partial charge in [0.25, 0.3) is 0 Å². The van der Waals surface area contributed by atoms with E-state index in [0.29, 0.717) is 12.2 Å². The minimum atomic E-state index is -0.302. The Kier molecular flexibility index (Phi) is 3.45. The predicted molar refractivity (Wildman–Crippen MR) is 63.4 cm³/mol. The second kappa shape index (κ2) is 5.21. The summed E-state index contributed by atoms with van der Waals surface area (Å²) in [7, 11) is 0. The monoisotopic (exact) mass is 228 g/mol. The van der Waals surface area contributed by atoms with Crippen molar-refractivity contribution in [3.05, 3.63) is 48.5 Å². The van der Waals surface area contributed by atoms with Gasteiger partial charge in [-0.15, -0.1) is 0 Å². The Labute approximate surface area is 99.3 Å². The Balaban J connectivity index is 2.22. The van der Waals surface area contributed by atoms with Crippen molar-refractivity contribution in [1.82, 2.24) is 9.97 Å². The van der Waals surface area contributed by atoms with Crippen LogP contribution in [0.4, 0.5) is 0 Å². The molecule has 2 rings (SSSR count). The third-order valence-corrected chi connectivity index (χ3v) is 2.29. The molecule has 0 aliphatic heterocycles. The predicted octanol–water partition coefficient (Wildman–Crippen LogP) is 2.32. The molecule has 1 heterocycles. The van der Waals surface area contributed by atoms with Crippen LogP contribution in [0.3, 0.4) is 0 Å². The van der Waals surface area contributed by atoms with Crippen LogP contribution in [0.15, 0.2) is 43.0 Å². The van der Waals surface area contributed by atoms with Gasteiger partial charge in [-0.2, -0.15) is 0 Å². The first-order valence-electron chi connectivity index (χ1n) is 5.34. The molecule has 0 unspecified atom stereocenters. The van der Waals surface area contributed by atoms with E-state index in [1.54, 1.807) is 31.5 Å². The molecule has 0 fully saturated rings. The summed E-state index contributed by atoms with van der Waals surface area (Å²) < 4.78 is 4.91. The summed E-state index contributed by atoms with van der Waals surface area (Å²) in [5.41, 5.74) is 2.44. The van der Waals surface area contributed by atoms with E-state index in [4.69, 9.17) is 4.74 Å². The fourth-order valence-electron chi connectivity index (χ4n) is 1.46. The van der Waals surface area contributed by atoms with E-state index >= 15 is 0 Å². The zero-order chi connectivity index (χ0) is 12.1. The van der Waals surface area contributed by atoms with Crippen molar-refractivity contribution in [2.75, 3.05) is 6.61 Å². The standard InChI is InChI=1S/C13H12N2O2/c1-2-17-13(16)11-5-3-10(4-6-11)12-7-14-9-15-8-12/h3-9H,2H2,1H3. The Hall–Kier alpha value is -2.23. The molecule has 0 radical (unpaired) electrons. The highest BCUT2D eigenvalue weighted by Crippen LogP contribution is 2.17. The topological polar surface area (TPSA) is 52.1 Å². The molecule has 0 N–H and O–H groups in total. The lowest BCUT2D eigenvalue weighted by atomic mass is 10.1. The third-order valence-electron chi connectivity index (χ3n) is 2.29. The maximum Gasteiger partial charge on any atom is 0.338 e. The van der Waals surface area contributed by atoms with Crippen molar-refractivity contribution in [3.63, 3.8) is 0 Å². The summed E-state index contributed by atoms with van der Waals surface area (Å²) in [6.45, 7) is 2.17. The minimum absolute atomic E-state index is 0.302. The lowest BCUT2D eigenvalue weighted by Crippen LogP contribution is -2.03. The van der Waals surface area contributed by atoms with Crippen LogP contribution in [-0.4, -0.2) is 22.5 Å². The van der Waals surface area contributed by atoms with Crippen molar-refractivity contribution in [2.24, 2.45) is 0 Å².